The quantitative estimate of drug-likeness (QED) is 0.813. The van der Waals surface area contributed by atoms with Crippen LogP contribution in [0.4, 0.5) is 0 Å². The highest BCUT2D eigenvalue weighted by atomic mass is 16.5. The Kier molecular flexibility index (Phi) is 5.17. The number of hydrogen-bond acceptors (Lipinski definition) is 5. The molecule has 1 unspecified atom stereocenters. The van der Waals surface area contributed by atoms with Crippen LogP contribution in [-0.2, 0) is 11.3 Å². The molecule has 20 heavy (non-hydrogen) atoms. The van der Waals surface area contributed by atoms with Crippen molar-refractivity contribution in [3.05, 3.63) is 23.2 Å². The molecule has 2 heterocycles. The van der Waals surface area contributed by atoms with Crippen LogP contribution in [0.25, 0.3) is 0 Å². The zero-order valence-corrected chi connectivity index (χ0v) is 12.0. The first kappa shape index (κ1) is 15.0. The normalized spacial score (nSPS) is 18.1. The van der Waals surface area contributed by atoms with Gasteiger partial charge >= 0.3 is 5.97 Å². The van der Waals surface area contributed by atoms with Crippen molar-refractivity contribution in [1.29, 1.82) is 0 Å². The van der Waals surface area contributed by atoms with Gasteiger partial charge in [0.15, 0.2) is 0 Å². The fourth-order valence-electron chi connectivity index (χ4n) is 2.32. The van der Waals surface area contributed by atoms with Crippen molar-refractivity contribution in [3.8, 4) is 0 Å². The Morgan fingerprint density at radius 2 is 2.20 bits per heavy atom. The molecule has 1 aliphatic heterocycles. The average molecular weight is 282 g/mol. The average Bonchev–Trinajstić information content (AvgIpc) is 2.79. The summed E-state index contributed by atoms with van der Waals surface area (Å²) in [5.74, 6) is -0.366. The number of morpholine rings is 1. The van der Waals surface area contributed by atoms with E-state index in [0.717, 1.165) is 38.4 Å². The largest absolute Gasteiger partial charge is 0.475 e. The van der Waals surface area contributed by atoms with Crippen LogP contribution in [0, 0.1) is 6.92 Å². The number of rotatable bonds is 6. The van der Waals surface area contributed by atoms with E-state index in [-0.39, 0.29) is 5.76 Å². The highest BCUT2D eigenvalue weighted by Crippen LogP contribution is 2.14. The third kappa shape index (κ3) is 4.06. The van der Waals surface area contributed by atoms with Crippen molar-refractivity contribution in [2.24, 2.45) is 0 Å². The molecule has 1 aliphatic rings. The Hall–Kier alpha value is -1.37. The number of aromatic carboxylic acids is 1. The predicted molar refractivity (Wildman–Crippen MR) is 74.0 cm³/mol. The summed E-state index contributed by atoms with van der Waals surface area (Å²) in [6.45, 7) is 9.05. The molecule has 1 saturated heterocycles. The predicted octanol–water partition coefficient (Wildman–Crippen LogP) is 1.10. The molecule has 0 aliphatic carbocycles. The Morgan fingerprint density at radius 1 is 1.50 bits per heavy atom. The molecular weight excluding hydrogens is 260 g/mol. The van der Waals surface area contributed by atoms with E-state index in [4.69, 9.17) is 14.3 Å². The zero-order chi connectivity index (χ0) is 14.5. The van der Waals surface area contributed by atoms with Crippen molar-refractivity contribution < 1.29 is 19.1 Å². The third-order valence-corrected chi connectivity index (χ3v) is 3.51. The van der Waals surface area contributed by atoms with Gasteiger partial charge in [0.25, 0.3) is 0 Å². The molecule has 0 spiro atoms. The molecule has 0 aromatic carbocycles. The maximum absolute atomic E-state index is 10.8. The second kappa shape index (κ2) is 6.88. The topological polar surface area (TPSA) is 74.9 Å². The molecule has 0 amide bonds. The minimum atomic E-state index is -1.03. The Balaban J connectivity index is 1.80. The summed E-state index contributed by atoms with van der Waals surface area (Å²) in [6, 6.07) is 1.92. The van der Waals surface area contributed by atoms with Crippen LogP contribution in [0.1, 0.15) is 28.8 Å². The number of hydrogen-bond donors (Lipinski definition) is 2. The molecule has 2 N–H and O–H groups in total. The Labute approximate surface area is 118 Å². The van der Waals surface area contributed by atoms with Gasteiger partial charge in [-0.2, -0.15) is 0 Å². The van der Waals surface area contributed by atoms with Crippen LogP contribution in [0.5, 0.6) is 0 Å². The molecule has 0 bridgehead atoms. The summed E-state index contributed by atoms with van der Waals surface area (Å²) < 4.78 is 10.5. The molecular formula is C14H22N2O4. The molecule has 2 rings (SSSR count). The van der Waals surface area contributed by atoms with Crippen molar-refractivity contribution in [1.82, 2.24) is 10.2 Å². The van der Waals surface area contributed by atoms with E-state index >= 15 is 0 Å². The second-order valence-electron chi connectivity index (χ2n) is 5.19. The van der Waals surface area contributed by atoms with Gasteiger partial charge in [0.2, 0.25) is 5.76 Å². The number of aryl methyl sites for hydroxylation is 1. The molecule has 1 fully saturated rings. The number of carboxylic acid groups (broad SMARTS) is 1. The number of ether oxygens (including phenoxy) is 1. The van der Waals surface area contributed by atoms with E-state index < -0.39 is 5.97 Å². The van der Waals surface area contributed by atoms with E-state index in [2.05, 4.69) is 17.1 Å². The molecule has 1 aromatic heterocycles. The SMILES string of the molecule is Cc1oc(C(=O)O)cc1CNC(C)CN1CCOCC1. The van der Waals surface area contributed by atoms with Crippen LogP contribution >= 0.6 is 0 Å². The fourth-order valence-corrected chi connectivity index (χ4v) is 2.32. The molecule has 6 heteroatoms. The van der Waals surface area contributed by atoms with E-state index in [9.17, 15) is 4.79 Å². The van der Waals surface area contributed by atoms with E-state index in [0.29, 0.717) is 18.3 Å². The maximum atomic E-state index is 10.8. The lowest BCUT2D eigenvalue weighted by molar-refractivity contribution is 0.0343. The number of carbonyl (C=O) groups is 1. The summed E-state index contributed by atoms with van der Waals surface area (Å²) in [4.78, 5) is 13.2. The van der Waals surface area contributed by atoms with Crippen molar-refractivity contribution >= 4 is 5.97 Å². The maximum Gasteiger partial charge on any atom is 0.371 e. The van der Waals surface area contributed by atoms with Crippen LogP contribution in [0.2, 0.25) is 0 Å². The van der Waals surface area contributed by atoms with Crippen molar-refractivity contribution in [2.75, 3.05) is 32.8 Å². The van der Waals surface area contributed by atoms with E-state index in [1.54, 1.807) is 13.0 Å². The Morgan fingerprint density at radius 3 is 2.80 bits per heavy atom. The fraction of sp³-hybridized carbons (Fsp3) is 0.643. The monoisotopic (exact) mass is 282 g/mol. The number of carboxylic acids is 1. The standard InChI is InChI=1S/C14H22N2O4/c1-10(9-16-3-5-19-6-4-16)15-8-12-7-13(14(17)18)20-11(12)2/h7,10,15H,3-6,8-9H2,1-2H3,(H,17,18). The minimum absolute atomic E-state index is 0.000123. The summed E-state index contributed by atoms with van der Waals surface area (Å²) in [5, 5.41) is 12.3. The van der Waals surface area contributed by atoms with Crippen molar-refractivity contribution in [3.63, 3.8) is 0 Å². The first-order valence-electron chi connectivity index (χ1n) is 6.92. The van der Waals surface area contributed by atoms with E-state index in [1.807, 2.05) is 0 Å². The lowest BCUT2D eigenvalue weighted by Gasteiger charge is -2.29. The van der Waals surface area contributed by atoms with Gasteiger partial charge in [-0.15, -0.1) is 0 Å². The lowest BCUT2D eigenvalue weighted by atomic mass is 10.2. The smallest absolute Gasteiger partial charge is 0.371 e. The van der Waals surface area contributed by atoms with Crippen LogP contribution in [0.3, 0.4) is 0 Å². The van der Waals surface area contributed by atoms with Gasteiger partial charge in [0.1, 0.15) is 5.76 Å². The molecule has 112 valence electrons. The lowest BCUT2D eigenvalue weighted by Crippen LogP contribution is -2.44. The van der Waals surface area contributed by atoms with E-state index in [1.165, 1.54) is 0 Å². The number of nitrogens with zero attached hydrogens (tertiary/aromatic N) is 1. The molecule has 6 nitrogen and oxygen atoms in total. The number of nitrogens with one attached hydrogen (secondary N) is 1. The van der Waals surface area contributed by atoms with Gasteiger partial charge < -0.3 is 19.6 Å². The van der Waals surface area contributed by atoms with Crippen LogP contribution < -0.4 is 5.32 Å². The molecule has 1 aromatic rings. The molecule has 0 saturated carbocycles. The summed E-state index contributed by atoms with van der Waals surface area (Å²) in [7, 11) is 0. The van der Waals surface area contributed by atoms with Crippen LogP contribution in [0.15, 0.2) is 10.5 Å². The highest BCUT2D eigenvalue weighted by Gasteiger charge is 2.16. The van der Waals surface area contributed by atoms with Gasteiger partial charge in [-0.3, -0.25) is 4.90 Å². The number of furan rings is 1. The van der Waals surface area contributed by atoms with Crippen LogP contribution in [-0.4, -0.2) is 54.9 Å². The second-order valence-corrected chi connectivity index (χ2v) is 5.19. The molecule has 0 radical (unpaired) electrons. The molecule has 1 atom stereocenters. The van der Waals surface area contributed by atoms with Gasteiger partial charge in [0.05, 0.1) is 13.2 Å². The van der Waals surface area contributed by atoms with Gasteiger partial charge in [-0.25, -0.2) is 4.79 Å². The summed E-state index contributed by atoms with van der Waals surface area (Å²) in [5.41, 5.74) is 0.899. The third-order valence-electron chi connectivity index (χ3n) is 3.51. The first-order valence-corrected chi connectivity index (χ1v) is 6.92. The van der Waals surface area contributed by atoms with Gasteiger partial charge in [-0.05, 0) is 19.9 Å². The Bertz CT molecular complexity index is 452. The highest BCUT2D eigenvalue weighted by molar-refractivity contribution is 5.84. The zero-order valence-electron chi connectivity index (χ0n) is 12.0. The first-order chi connectivity index (χ1) is 9.56. The van der Waals surface area contributed by atoms with Gasteiger partial charge in [-0.1, -0.05) is 0 Å². The summed E-state index contributed by atoms with van der Waals surface area (Å²) >= 11 is 0. The van der Waals surface area contributed by atoms with Crippen molar-refractivity contribution in [2.45, 2.75) is 26.4 Å². The van der Waals surface area contributed by atoms with Gasteiger partial charge in [0, 0.05) is 37.8 Å². The summed E-state index contributed by atoms with van der Waals surface area (Å²) in [6.07, 6.45) is 0. The minimum Gasteiger partial charge on any atom is -0.475 e.